The van der Waals surface area contributed by atoms with Gasteiger partial charge in [-0.1, -0.05) is 0 Å². The molecule has 27 heavy (non-hydrogen) atoms. The maximum Gasteiger partial charge on any atom is 0.203 e. The van der Waals surface area contributed by atoms with Gasteiger partial charge in [0.05, 0.1) is 38.7 Å². The quantitative estimate of drug-likeness (QED) is 0.607. The van der Waals surface area contributed by atoms with Crippen LogP contribution in [0.2, 0.25) is 0 Å². The Morgan fingerprint density at radius 3 is 2.22 bits per heavy atom. The van der Waals surface area contributed by atoms with Gasteiger partial charge in [0.25, 0.3) is 0 Å². The Balaban J connectivity index is 1.93. The van der Waals surface area contributed by atoms with Gasteiger partial charge in [-0.2, -0.15) is 0 Å². The number of hydrogen-bond acceptors (Lipinski definition) is 8. The van der Waals surface area contributed by atoms with Gasteiger partial charge in [0.15, 0.2) is 11.5 Å². The van der Waals surface area contributed by atoms with Crippen LogP contribution in [0.5, 0.6) is 17.2 Å². The molecule has 1 unspecified atom stereocenters. The smallest absolute Gasteiger partial charge is 0.203 e. The average Bonchev–Trinajstić information content (AvgIpc) is 2.67. The lowest BCUT2D eigenvalue weighted by Gasteiger charge is -2.19. The van der Waals surface area contributed by atoms with E-state index in [0.29, 0.717) is 34.4 Å². The normalized spacial score (nSPS) is 11.9. The van der Waals surface area contributed by atoms with Crippen LogP contribution in [0.15, 0.2) is 30.5 Å². The number of aromatic nitrogens is 2. The van der Waals surface area contributed by atoms with E-state index in [4.69, 9.17) is 25.7 Å². The lowest BCUT2D eigenvalue weighted by Crippen LogP contribution is -2.08. The summed E-state index contributed by atoms with van der Waals surface area (Å²) < 4.78 is 16.2. The largest absolute Gasteiger partial charge is 0.493 e. The second-order valence-electron chi connectivity index (χ2n) is 6.05. The molecule has 1 aromatic carbocycles. The summed E-state index contributed by atoms with van der Waals surface area (Å²) in [5.41, 5.74) is 14.2. The molecule has 3 aromatic rings. The molecule has 0 radical (unpaired) electrons. The van der Waals surface area contributed by atoms with E-state index in [1.807, 2.05) is 25.1 Å². The molecular weight excluding hydrogens is 346 g/mol. The van der Waals surface area contributed by atoms with E-state index < -0.39 is 0 Å². The number of methoxy groups -OCH3 is 3. The minimum atomic E-state index is -0.0547. The number of nitrogens with two attached hydrogens (primary N) is 2. The summed E-state index contributed by atoms with van der Waals surface area (Å²) in [7, 11) is 4.76. The zero-order valence-electron chi connectivity index (χ0n) is 15.7. The van der Waals surface area contributed by atoms with Crippen molar-refractivity contribution in [2.75, 3.05) is 38.1 Å². The Kier molecular flexibility index (Phi) is 5.07. The Labute approximate surface area is 157 Å². The Morgan fingerprint density at radius 1 is 0.963 bits per heavy atom. The van der Waals surface area contributed by atoms with Crippen molar-refractivity contribution in [3.05, 3.63) is 36.0 Å². The highest BCUT2D eigenvalue weighted by molar-refractivity contribution is 5.91. The Bertz CT molecular complexity index is 952. The second-order valence-corrected chi connectivity index (χ2v) is 6.05. The summed E-state index contributed by atoms with van der Waals surface area (Å²) in [4.78, 5) is 8.50. The number of nitrogens with one attached hydrogen (secondary N) is 1. The number of benzene rings is 1. The number of pyridine rings is 2. The molecule has 5 N–H and O–H groups in total. The fourth-order valence-corrected chi connectivity index (χ4v) is 2.93. The molecule has 0 aliphatic rings. The zero-order chi connectivity index (χ0) is 19.6. The first-order chi connectivity index (χ1) is 13.0. The van der Waals surface area contributed by atoms with Crippen molar-refractivity contribution in [1.29, 1.82) is 0 Å². The third-order valence-electron chi connectivity index (χ3n) is 4.30. The van der Waals surface area contributed by atoms with Gasteiger partial charge < -0.3 is 31.0 Å². The van der Waals surface area contributed by atoms with E-state index in [9.17, 15) is 0 Å². The fraction of sp³-hybridized carbons (Fsp3) is 0.263. The fourth-order valence-electron chi connectivity index (χ4n) is 2.93. The van der Waals surface area contributed by atoms with Crippen molar-refractivity contribution in [3.8, 4) is 17.2 Å². The van der Waals surface area contributed by atoms with E-state index in [0.717, 1.165) is 16.6 Å². The average molecular weight is 369 g/mol. The van der Waals surface area contributed by atoms with Gasteiger partial charge in [0.2, 0.25) is 5.75 Å². The number of hydrogen-bond donors (Lipinski definition) is 3. The van der Waals surface area contributed by atoms with Gasteiger partial charge in [0.1, 0.15) is 11.6 Å². The number of nitrogen functional groups attached to an aromatic ring is 2. The van der Waals surface area contributed by atoms with Gasteiger partial charge >= 0.3 is 0 Å². The maximum absolute atomic E-state index is 5.97. The third-order valence-corrected chi connectivity index (χ3v) is 4.30. The van der Waals surface area contributed by atoms with Crippen molar-refractivity contribution >= 4 is 28.2 Å². The number of fused-ring (bicyclic) bond motifs is 1. The first-order valence-electron chi connectivity index (χ1n) is 8.35. The molecule has 0 bridgehead atoms. The topological polar surface area (TPSA) is 118 Å². The van der Waals surface area contributed by atoms with E-state index in [2.05, 4.69) is 15.3 Å². The van der Waals surface area contributed by atoms with Crippen LogP contribution >= 0.6 is 0 Å². The summed E-state index contributed by atoms with van der Waals surface area (Å²) in [6, 6.07) is 7.35. The Morgan fingerprint density at radius 2 is 1.63 bits per heavy atom. The molecule has 142 valence electrons. The van der Waals surface area contributed by atoms with Crippen molar-refractivity contribution in [1.82, 2.24) is 9.97 Å². The van der Waals surface area contributed by atoms with Crippen LogP contribution in [-0.4, -0.2) is 31.3 Å². The summed E-state index contributed by atoms with van der Waals surface area (Å²) in [6.07, 6.45) is 1.73. The molecule has 1 atom stereocenters. The first-order valence-corrected chi connectivity index (χ1v) is 8.35. The molecule has 0 aliphatic heterocycles. The number of rotatable bonds is 6. The summed E-state index contributed by atoms with van der Waals surface area (Å²) in [5.74, 6) is 2.45. The summed E-state index contributed by atoms with van der Waals surface area (Å²) >= 11 is 0. The van der Waals surface area contributed by atoms with Gasteiger partial charge in [-0.3, -0.25) is 4.98 Å². The minimum Gasteiger partial charge on any atom is -0.493 e. The molecular formula is C19H23N5O3. The lowest BCUT2D eigenvalue weighted by atomic mass is 10.1. The van der Waals surface area contributed by atoms with Crippen LogP contribution in [0, 0.1) is 0 Å². The lowest BCUT2D eigenvalue weighted by molar-refractivity contribution is 0.323. The third kappa shape index (κ3) is 3.59. The summed E-state index contributed by atoms with van der Waals surface area (Å²) in [5, 5.41) is 4.15. The van der Waals surface area contributed by atoms with Crippen molar-refractivity contribution in [3.63, 3.8) is 0 Å². The minimum absolute atomic E-state index is 0.0547. The van der Waals surface area contributed by atoms with E-state index >= 15 is 0 Å². The highest BCUT2D eigenvalue weighted by Crippen LogP contribution is 2.40. The molecule has 0 amide bonds. The molecule has 8 heteroatoms. The van der Waals surface area contributed by atoms with E-state index in [1.54, 1.807) is 33.6 Å². The molecule has 0 saturated heterocycles. The van der Waals surface area contributed by atoms with Gasteiger partial charge in [-0.15, -0.1) is 0 Å². The van der Waals surface area contributed by atoms with Crippen molar-refractivity contribution in [2.45, 2.75) is 13.0 Å². The Hall–Kier alpha value is -3.42. The summed E-state index contributed by atoms with van der Waals surface area (Å²) in [6.45, 7) is 2.02. The number of anilines is 3. The molecule has 3 rings (SSSR count). The molecule has 0 spiro atoms. The highest BCUT2D eigenvalue weighted by Gasteiger charge is 2.16. The van der Waals surface area contributed by atoms with Crippen LogP contribution in [0.4, 0.5) is 17.3 Å². The standard InChI is InChI=1S/C19H23N5O3/c1-10(11-5-15(25-2)18(27-4)16(6-11)26-3)23-12-7-13-14(22-9-12)8-17(20)24-19(13)21/h5-10,23H,1-4H3,(H4,20,21,24). The monoisotopic (exact) mass is 369 g/mol. The first kappa shape index (κ1) is 18.4. The van der Waals surface area contributed by atoms with Crippen LogP contribution < -0.4 is 31.0 Å². The molecule has 2 heterocycles. The highest BCUT2D eigenvalue weighted by atomic mass is 16.5. The predicted molar refractivity (Wildman–Crippen MR) is 106 cm³/mol. The predicted octanol–water partition coefficient (Wildman–Crippen LogP) is 2.99. The van der Waals surface area contributed by atoms with E-state index in [-0.39, 0.29) is 6.04 Å². The van der Waals surface area contributed by atoms with Gasteiger partial charge in [0, 0.05) is 17.5 Å². The maximum atomic E-state index is 5.97. The van der Waals surface area contributed by atoms with Crippen LogP contribution in [0.1, 0.15) is 18.5 Å². The second kappa shape index (κ2) is 7.45. The number of nitrogens with zero attached hydrogens (tertiary/aromatic N) is 2. The van der Waals surface area contributed by atoms with Crippen molar-refractivity contribution < 1.29 is 14.2 Å². The van der Waals surface area contributed by atoms with Crippen LogP contribution in [0.25, 0.3) is 10.9 Å². The van der Waals surface area contributed by atoms with Crippen LogP contribution in [-0.2, 0) is 0 Å². The molecule has 8 nitrogen and oxygen atoms in total. The molecule has 0 fully saturated rings. The van der Waals surface area contributed by atoms with Gasteiger partial charge in [-0.25, -0.2) is 4.98 Å². The zero-order valence-corrected chi connectivity index (χ0v) is 15.7. The molecule has 2 aromatic heterocycles. The molecule has 0 saturated carbocycles. The SMILES string of the molecule is COc1cc(C(C)Nc2cnc3cc(N)nc(N)c3c2)cc(OC)c1OC. The van der Waals surface area contributed by atoms with E-state index in [1.165, 1.54) is 0 Å². The molecule has 0 aliphatic carbocycles. The van der Waals surface area contributed by atoms with Crippen LogP contribution in [0.3, 0.4) is 0 Å². The van der Waals surface area contributed by atoms with Crippen molar-refractivity contribution in [2.24, 2.45) is 0 Å². The number of ether oxygens (including phenoxy) is 3. The van der Waals surface area contributed by atoms with Gasteiger partial charge in [-0.05, 0) is 30.7 Å².